The second-order valence-electron chi connectivity index (χ2n) is 3.53. The van der Waals surface area contributed by atoms with E-state index < -0.39 is 0 Å². The molecule has 2 N–H and O–H groups in total. The number of aliphatic hydroxyl groups excluding tert-OH is 1. The Morgan fingerprint density at radius 3 is 2.36 bits per heavy atom. The van der Waals surface area contributed by atoms with Crippen LogP contribution in [0.4, 0.5) is 0 Å². The molecule has 0 amide bonds. The van der Waals surface area contributed by atoms with Gasteiger partial charge in [0, 0.05) is 16.2 Å². The summed E-state index contributed by atoms with van der Waals surface area (Å²) in [5.74, 6) is 0. The Kier molecular flexibility index (Phi) is 4.84. The SMILES string of the molecule is C[C@H](O)CN[C@H](C)c1ccc(I)cc1. The van der Waals surface area contributed by atoms with Crippen molar-refractivity contribution in [3.8, 4) is 0 Å². The van der Waals surface area contributed by atoms with Crippen LogP contribution in [0.1, 0.15) is 25.5 Å². The summed E-state index contributed by atoms with van der Waals surface area (Å²) in [6.45, 7) is 4.52. The minimum atomic E-state index is -0.290. The van der Waals surface area contributed by atoms with Gasteiger partial charge in [-0.05, 0) is 54.1 Å². The number of benzene rings is 1. The molecule has 0 fully saturated rings. The Bertz CT molecular complexity index is 271. The number of hydrogen-bond acceptors (Lipinski definition) is 2. The van der Waals surface area contributed by atoms with Crippen molar-refractivity contribution in [1.82, 2.24) is 5.32 Å². The Morgan fingerprint density at radius 1 is 1.29 bits per heavy atom. The lowest BCUT2D eigenvalue weighted by atomic mass is 10.1. The Balaban J connectivity index is 2.52. The highest BCUT2D eigenvalue weighted by Crippen LogP contribution is 2.14. The summed E-state index contributed by atoms with van der Waals surface area (Å²) >= 11 is 2.29. The zero-order chi connectivity index (χ0) is 10.6. The maximum atomic E-state index is 9.13. The molecule has 0 radical (unpaired) electrons. The normalized spacial score (nSPS) is 15.1. The molecule has 0 aliphatic rings. The number of nitrogens with one attached hydrogen (secondary N) is 1. The molecule has 3 heteroatoms. The zero-order valence-electron chi connectivity index (χ0n) is 8.50. The molecular formula is C11H16INO. The number of rotatable bonds is 4. The van der Waals surface area contributed by atoms with Gasteiger partial charge >= 0.3 is 0 Å². The van der Waals surface area contributed by atoms with Gasteiger partial charge in [0.25, 0.3) is 0 Å². The van der Waals surface area contributed by atoms with E-state index in [-0.39, 0.29) is 6.10 Å². The largest absolute Gasteiger partial charge is 0.392 e. The molecule has 0 bridgehead atoms. The van der Waals surface area contributed by atoms with E-state index in [4.69, 9.17) is 5.11 Å². The van der Waals surface area contributed by atoms with Crippen molar-refractivity contribution in [3.63, 3.8) is 0 Å². The van der Waals surface area contributed by atoms with E-state index in [9.17, 15) is 0 Å². The summed E-state index contributed by atoms with van der Waals surface area (Å²) in [6, 6.07) is 8.71. The van der Waals surface area contributed by atoms with Gasteiger partial charge < -0.3 is 10.4 Å². The monoisotopic (exact) mass is 305 g/mol. The van der Waals surface area contributed by atoms with Crippen molar-refractivity contribution in [2.24, 2.45) is 0 Å². The molecule has 78 valence electrons. The van der Waals surface area contributed by atoms with Crippen LogP contribution in [0.3, 0.4) is 0 Å². The van der Waals surface area contributed by atoms with Crippen LogP contribution < -0.4 is 5.32 Å². The van der Waals surface area contributed by atoms with Crippen LogP contribution in [0, 0.1) is 3.57 Å². The lowest BCUT2D eigenvalue weighted by Gasteiger charge is -2.15. The number of aliphatic hydroxyl groups is 1. The highest BCUT2D eigenvalue weighted by atomic mass is 127. The topological polar surface area (TPSA) is 32.3 Å². The van der Waals surface area contributed by atoms with Gasteiger partial charge in [-0.15, -0.1) is 0 Å². The maximum Gasteiger partial charge on any atom is 0.0636 e. The van der Waals surface area contributed by atoms with E-state index in [1.807, 2.05) is 0 Å². The van der Waals surface area contributed by atoms with Crippen LogP contribution in [0.5, 0.6) is 0 Å². The standard InChI is InChI=1S/C11H16INO/c1-8(14)7-13-9(2)10-3-5-11(12)6-4-10/h3-6,8-9,13-14H,7H2,1-2H3/t8-,9+/m0/s1. The lowest BCUT2D eigenvalue weighted by molar-refractivity contribution is 0.187. The molecule has 0 saturated heterocycles. The molecule has 0 aliphatic carbocycles. The molecule has 2 atom stereocenters. The van der Waals surface area contributed by atoms with Gasteiger partial charge in [-0.3, -0.25) is 0 Å². The van der Waals surface area contributed by atoms with Gasteiger partial charge in [-0.2, -0.15) is 0 Å². The fraction of sp³-hybridized carbons (Fsp3) is 0.455. The fourth-order valence-electron chi connectivity index (χ4n) is 1.22. The molecule has 1 aromatic carbocycles. The number of halogens is 1. The van der Waals surface area contributed by atoms with Gasteiger partial charge in [0.1, 0.15) is 0 Å². The fourth-order valence-corrected chi connectivity index (χ4v) is 1.58. The Labute approximate surface area is 98.9 Å². The van der Waals surface area contributed by atoms with Crippen LogP contribution in [-0.2, 0) is 0 Å². The molecule has 14 heavy (non-hydrogen) atoms. The highest BCUT2D eigenvalue weighted by Gasteiger charge is 2.05. The average molecular weight is 305 g/mol. The van der Waals surface area contributed by atoms with Crippen molar-refractivity contribution in [2.45, 2.75) is 26.0 Å². The second-order valence-corrected chi connectivity index (χ2v) is 4.78. The van der Waals surface area contributed by atoms with Crippen LogP contribution in [0.15, 0.2) is 24.3 Å². The number of hydrogen-bond donors (Lipinski definition) is 2. The van der Waals surface area contributed by atoms with Gasteiger partial charge in [0.2, 0.25) is 0 Å². The predicted molar refractivity (Wildman–Crippen MR) is 67.3 cm³/mol. The Morgan fingerprint density at radius 2 is 1.86 bits per heavy atom. The summed E-state index contributed by atoms with van der Waals surface area (Å²) < 4.78 is 1.24. The third kappa shape index (κ3) is 3.94. The molecule has 0 aromatic heterocycles. The van der Waals surface area contributed by atoms with Crippen molar-refractivity contribution in [1.29, 1.82) is 0 Å². The van der Waals surface area contributed by atoms with Gasteiger partial charge in [0.15, 0.2) is 0 Å². The van der Waals surface area contributed by atoms with Crippen molar-refractivity contribution in [2.75, 3.05) is 6.54 Å². The van der Waals surface area contributed by atoms with E-state index in [0.29, 0.717) is 12.6 Å². The first-order chi connectivity index (χ1) is 6.59. The molecular weight excluding hydrogens is 289 g/mol. The summed E-state index contributed by atoms with van der Waals surface area (Å²) in [5, 5.41) is 12.4. The van der Waals surface area contributed by atoms with E-state index in [0.717, 1.165) is 0 Å². The molecule has 1 aromatic rings. The van der Waals surface area contributed by atoms with Gasteiger partial charge in [0.05, 0.1) is 6.10 Å². The Hall–Kier alpha value is -0.130. The smallest absolute Gasteiger partial charge is 0.0636 e. The quantitative estimate of drug-likeness (QED) is 0.837. The first kappa shape index (κ1) is 11.9. The third-order valence-corrected chi connectivity index (χ3v) is 2.81. The van der Waals surface area contributed by atoms with Crippen LogP contribution in [0.25, 0.3) is 0 Å². The third-order valence-electron chi connectivity index (χ3n) is 2.09. The molecule has 0 spiro atoms. The van der Waals surface area contributed by atoms with Crippen molar-refractivity contribution >= 4 is 22.6 Å². The highest BCUT2D eigenvalue weighted by molar-refractivity contribution is 14.1. The molecule has 0 heterocycles. The van der Waals surface area contributed by atoms with Gasteiger partial charge in [-0.25, -0.2) is 0 Å². The van der Waals surface area contributed by atoms with E-state index in [2.05, 4.69) is 59.1 Å². The molecule has 2 nitrogen and oxygen atoms in total. The summed E-state index contributed by atoms with van der Waals surface area (Å²) in [7, 11) is 0. The van der Waals surface area contributed by atoms with Crippen molar-refractivity contribution < 1.29 is 5.11 Å². The average Bonchev–Trinajstić information content (AvgIpc) is 2.15. The van der Waals surface area contributed by atoms with E-state index in [1.54, 1.807) is 6.92 Å². The van der Waals surface area contributed by atoms with E-state index >= 15 is 0 Å². The van der Waals surface area contributed by atoms with Crippen molar-refractivity contribution in [3.05, 3.63) is 33.4 Å². The molecule has 0 saturated carbocycles. The van der Waals surface area contributed by atoms with Crippen LogP contribution in [-0.4, -0.2) is 17.8 Å². The first-order valence-electron chi connectivity index (χ1n) is 4.76. The maximum absolute atomic E-state index is 9.13. The summed E-state index contributed by atoms with van der Waals surface area (Å²) in [5.41, 5.74) is 1.26. The molecule has 0 unspecified atom stereocenters. The predicted octanol–water partition coefficient (Wildman–Crippen LogP) is 2.32. The van der Waals surface area contributed by atoms with Crippen LogP contribution >= 0.6 is 22.6 Å². The van der Waals surface area contributed by atoms with E-state index in [1.165, 1.54) is 9.13 Å². The summed E-state index contributed by atoms with van der Waals surface area (Å²) in [4.78, 5) is 0. The minimum Gasteiger partial charge on any atom is -0.392 e. The lowest BCUT2D eigenvalue weighted by Crippen LogP contribution is -2.27. The van der Waals surface area contributed by atoms with Crippen LogP contribution in [0.2, 0.25) is 0 Å². The molecule has 0 aliphatic heterocycles. The second kappa shape index (κ2) is 5.68. The van der Waals surface area contributed by atoms with Gasteiger partial charge in [-0.1, -0.05) is 12.1 Å². The summed E-state index contributed by atoms with van der Waals surface area (Å²) in [6.07, 6.45) is -0.290. The molecule has 1 rings (SSSR count). The zero-order valence-corrected chi connectivity index (χ0v) is 10.7. The first-order valence-corrected chi connectivity index (χ1v) is 5.84. The minimum absolute atomic E-state index is 0.290.